The molecule has 2 aliphatic rings. The van der Waals surface area contributed by atoms with Gasteiger partial charge in [-0.05, 0) is 62.4 Å². The lowest BCUT2D eigenvalue weighted by Crippen LogP contribution is -2.46. The van der Waals surface area contributed by atoms with Crippen LogP contribution in [0, 0.1) is 5.92 Å². The number of rotatable bonds is 5. The molecule has 1 aliphatic heterocycles. The van der Waals surface area contributed by atoms with Crippen molar-refractivity contribution in [1.82, 2.24) is 10.6 Å². The van der Waals surface area contributed by atoms with Gasteiger partial charge in [-0.25, -0.2) is 0 Å². The van der Waals surface area contributed by atoms with Crippen LogP contribution >= 0.6 is 0 Å². The smallest absolute Gasteiger partial charge is 0.230 e. The fourth-order valence-electron chi connectivity index (χ4n) is 4.05. The molecule has 4 nitrogen and oxygen atoms in total. The predicted octanol–water partition coefficient (Wildman–Crippen LogP) is 2.62. The van der Waals surface area contributed by atoms with Crippen molar-refractivity contribution in [3.05, 3.63) is 29.8 Å². The van der Waals surface area contributed by atoms with E-state index in [0.29, 0.717) is 5.92 Å². The Morgan fingerprint density at radius 3 is 2.87 bits per heavy atom. The Balaban J connectivity index is 1.72. The molecule has 1 aromatic carbocycles. The first-order valence-corrected chi connectivity index (χ1v) is 8.88. The van der Waals surface area contributed by atoms with Gasteiger partial charge in [-0.2, -0.15) is 0 Å². The topological polar surface area (TPSA) is 50.4 Å². The van der Waals surface area contributed by atoms with Gasteiger partial charge in [0.25, 0.3) is 0 Å². The Bertz CT molecular complexity index is 532. The van der Waals surface area contributed by atoms with Crippen LogP contribution in [0.25, 0.3) is 0 Å². The minimum Gasteiger partial charge on any atom is -0.497 e. The number of hydrogen-bond acceptors (Lipinski definition) is 3. The summed E-state index contributed by atoms with van der Waals surface area (Å²) in [5.41, 5.74) is 0.741. The van der Waals surface area contributed by atoms with Gasteiger partial charge in [0, 0.05) is 6.54 Å². The zero-order chi connectivity index (χ0) is 16.1. The third kappa shape index (κ3) is 3.52. The van der Waals surface area contributed by atoms with Crippen molar-refractivity contribution >= 4 is 5.91 Å². The Kier molecular flexibility index (Phi) is 5.21. The minimum absolute atomic E-state index is 0.203. The summed E-state index contributed by atoms with van der Waals surface area (Å²) in [6, 6.07) is 8.05. The molecule has 1 amide bonds. The largest absolute Gasteiger partial charge is 0.497 e. The Morgan fingerprint density at radius 1 is 1.35 bits per heavy atom. The molecule has 4 heteroatoms. The van der Waals surface area contributed by atoms with E-state index in [-0.39, 0.29) is 11.3 Å². The maximum absolute atomic E-state index is 13.0. The van der Waals surface area contributed by atoms with E-state index in [9.17, 15) is 4.79 Å². The first-order valence-electron chi connectivity index (χ1n) is 8.88. The molecule has 0 aromatic heterocycles. The van der Waals surface area contributed by atoms with Crippen molar-refractivity contribution in [3.63, 3.8) is 0 Å². The lowest BCUT2D eigenvalue weighted by molar-refractivity contribution is -0.126. The van der Waals surface area contributed by atoms with Crippen molar-refractivity contribution in [2.75, 3.05) is 26.7 Å². The van der Waals surface area contributed by atoms with Gasteiger partial charge in [0.05, 0.1) is 12.5 Å². The summed E-state index contributed by atoms with van der Waals surface area (Å²) in [6.07, 6.45) is 6.54. The molecule has 1 unspecified atom stereocenters. The van der Waals surface area contributed by atoms with Crippen LogP contribution < -0.4 is 15.4 Å². The first kappa shape index (κ1) is 16.3. The number of benzene rings is 1. The van der Waals surface area contributed by atoms with Crippen LogP contribution in [-0.4, -0.2) is 32.7 Å². The monoisotopic (exact) mass is 316 g/mol. The third-order valence-corrected chi connectivity index (χ3v) is 5.46. The van der Waals surface area contributed by atoms with E-state index in [4.69, 9.17) is 4.74 Å². The van der Waals surface area contributed by atoms with Crippen molar-refractivity contribution in [3.8, 4) is 5.75 Å². The summed E-state index contributed by atoms with van der Waals surface area (Å²) in [5, 5.41) is 6.67. The molecule has 1 saturated heterocycles. The second-order valence-electron chi connectivity index (χ2n) is 6.94. The van der Waals surface area contributed by atoms with Crippen molar-refractivity contribution in [2.24, 2.45) is 5.92 Å². The number of carbonyl (C=O) groups is 1. The van der Waals surface area contributed by atoms with Gasteiger partial charge in [0.2, 0.25) is 5.91 Å². The number of amides is 1. The highest BCUT2D eigenvalue weighted by molar-refractivity contribution is 5.88. The molecule has 1 aliphatic carbocycles. The van der Waals surface area contributed by atoms with Gasteiger partial charge in [-0.15, -0.1) is 0 Å². The summed E-state index contributed by atoms with van der Waals surface area (Å²) in [6.45, 7) is 2.92. The maximum atomic E-state index is 13.0. The molecule has 23 heavy (non-hydrogen) atoms. The Hall–Kier alpha value is -1.55. The Labute approximate surface area is 139 Å². The van der Waals surface area contributed by atoms with E-state index in [1.807, 2.05) is 18.2 Å². The highest BCUT2D eigenvalue weighted by Gasteiger charge is 2.42. The zero-order valence-electron chi connectivity index (χ0n) is 14.1. The average Bonchev–Trinajstić information content (AvgIpc) is 3.12. The molecule has 0 spiro atoms. The molecule has 3 rings (SSSR count). The average molecular weight is 316 g/mol. The summed E-state index contributed by atoms with van der Waals surface area (Å²) in [7, 11) is 1.68. The van der Waals surface area contributed by atoms with E-state index >= 15 is 0 Å². The van der Waals surface area contributed by atoms with E-state index in [1.165, 1.54) is 12.8 Å². The molecule has 1 saturated carbocycles. The number of carbonyl (C=O) groups excluding carboxylic acids is 1. The van der Waals surface area contributed by atoms with E-state index < -0.39 is 0 Å². The van der Waals surface area contributed by atoms with Crippen molar-refractivity contribution in [2.45, 2.75) is 43.9 Å². The van der Waals surface area contributed by atoms with Crippen LogP contribution in [0.5, 0.6) is 5.75 Å². The van der Waals surface area contributed by atoms with Crippen LogP contribution in [0.4, 0.5) is 0 Å². The second-order valence-corrected chi connectivity index (χ2v) is 6.94. The SMILES string of the molecule is COc1cccc(C2(C(=O)NCC3CCCNC3)CCCC2)c1. The standard InChI is InChI=1S/C19H28N2O2/c1-23-17-8-4-7-16(12-17)19(9-2-3-10-19)18(22)21-14-15-6-5-11-20-13-15/h4,7-8,12,15,20H,2-3,5-6,9-11,13-14H2,1H3,(H,21,22). The van der Waals surface area contributed by atoms with Gasteiger partial charge in [-0.1, -0.05) is 25.0 Å². The molecule has 1 heterocycles. The van der Waals surface area contributed by atoms with Crippen molar-refractivity contribution < 1.29 is 9.53 Å². The molecular formula is C19H28N2O2. The minimum atomic E-state index is -0.364. The van der Waals surface area contributed by atoms with Gasteiger partial charge in [-0.3, -0.25) is 4.79 Å². The van der Waals surface area contributed by atoms with Crippen LogP contribution in [0.2, 0.25) is 0 Å². The summed E-state index contributed by atoms with van der Waals surface area (Å²) in [5.74, 6) is 1.60. The lowest BCUT2D eigenvalue weighted by atomic mass is 9.77. The van der Waals surface area contributed by atoms with Crippen LogP contribution in [-0.2, 0) is 10.2 Å². The fourth-order valence-corrected chi connectivity index (χ4v) is 4.05. The Morgan fingerprint density at radius 2 is 2.17 bits per heavy atom. The van der Waals surface area contributed by atoms with E-state index in [2.05, 4.69) is 16.7 Å². The number of hydrogen-bond donors (Lipinski definition) is 2. The van der Waals surface area contributed by atoms with Crippen molar-refractivity contribution in [1.29, 1.82) is 0 Å². The summed E-state index contributed by atoms with van der Waals surface area (Å²) >= 11 is 0. The van der Waals surface area contributed by atoms with Gasteiger partial charge in [0.15, 0.2) is 0 Å². The molecule has 0 bridgehead atoms. The zero-order valence-corrected chi connectivity index (χ0v) is 14.1. The number of methoxy groups -OCH3 is 1. The third-order valence-electron chi connectivity index (χ3n) is 5.46. The highest BCUT2D eigenvalue weighted by Crippen LogP contribution is 2.42. The van der Waals surface area contributed by atoms with E-state index in [0.717, 1.165) is 56.6 Å². The quantitative estimate of drug-likeness (QED) is 0.878. The number of piperidine rings is 1. The van der Waals surface area contributed by atoms with Gasteiger partial charge < -0.3 is 15.4 Å². The molecule has 0 radical (unpaired) electrons. The molecular weight excluding hydrogens is 288 g/mol. The second kappa shape index (κ2) is 7.35. The predicted molar refractivity (Wildman–Crippen MR) is 91.7 cm³/mol. The molecule has 126 valence electrons. The van der Waals surface area contributed by atoms with Crippen LogP contribution in [0.3, 0.4) is 0 Å². The number of ether oxygens (including phenoxy) is 1. The first-order chi connectivity index (χ1) is 11.2. The van der Waals surface area contributed by atoms with Crippen LogP contribution in [0.15, 0.2) is 24.3 Å². The molecule has 2 fully saturated rings. The summed E-state index contributed by atoms with van der Waals surface area (Å²) in [4.78, 5) is 13.0. The van der Waals surface area contributed by atoms with Crippen LogP contribution in [0.1, 0.15) is 44.1 Å². The van der Waals surface area contributed by atoms with E-state index in [1.54, 1.807) is 7.11 Å². The normalized spacial score (nSPS) is 23.4. The molecule has 1 aromatic rings. The fraction of sp³-hybridized carbons (Fsp3) is 0.632. The summed E-state index contributed by atoms with van der Waals surface area (Å²) < 4.78 is 5.35. The molecule has 2 N–H and O–H groups in total. The lowest BCUT2D eigenvalue weighted by Gasteiger charge is -2.30. The maximum Gasteiger partial charge on any atom is 0.230 e. The van der Waals surface area contributed by atoms with Gasteiger partial charge >= 0.3 is 0 Å². The number of nitrogens with one attached hydrogen (secondary N) is 2. The highest BCUT2D eigenvalue weighted by atomic mass is 16.5. The molecule has 1 atom stereocenters. The van der Waals surface area contributed by atoms with Gasteiger partial charge in [0.1, 0.15) is 5.75 Å².